The SMILES string of the molecule is Cl.Cl.O=C1Cc2cc(CN3CCN(c4ccc(C(F)(F)F)cc4)CC3)ccc2C2=C1CCNN2. The highest BCUT2D eigenvalue weighted by atomic mass is 35.5. The summed E-state index contributed by atoms with van der Waals surface area (Å²) < 4.78 is 38.3. The molecule has 184 valence electrons. The summed E-state index contributed by atoms with van der Waals surface area (Å²) >= 11 is 0. The van der Waals surface area contributed by atoms with Gasteiger partial charge in [0.15, 0.2) is 5.78 Å². The lowest BCUT2D eigenvalue weighted by molar-refractivity contribution is -0.137. The number of Topliss-reactive ketones (excluding diaryl/α,β-unsaturated/α-hetero) is 1. The van der Waals surface area contributed by atoms with Gasteiger partial charge in [-0.2, -0.15) is 13.2 Å². The molecule has 1 aliphatic carbocycles. The zero-order valence-corrected chi connectivity index (χ0v) is 20.1. The van der Waals surface area contributed by atoms with Gasteiger partial charge in [0.25, 0.3) is 0 Å². The Kier molecular flexibility index (Phi) is 8.18. The number of hydrogen-bond acceptors (Lipinski definition) is 5. The van der Waals surface area contributed by atoms with Crippen molar-refractivity contribution < 1.29 is 18.0 Å². The van der Waals surface area contributed by atoms with Gasteiger partial charge in [0.1, 0.15) is 0 Å². The van der Waals surface area contributed by atoms with Crippen LogP contribution >= 0.6 is 24.8 Å². The molecule has 1 fully saturated rings. The van der Waals surface area contributed by atoms with Crippen molar-refractivity contribution in [1.82, 2.24) is 15.8 Å². The maximum Gasteiger partial charge on any atom is 0.416 e. The average molecular weight is 515 g/mol. The number of benzene rings is 2. The zero-order valence-electron chi connectivity index (χ0n) is 18.5. The minimum absolute atomic E-state index is 0. The predicted molar refractivity (Wildman–Crippen MR) is 131 cm³/mol. The number of alkyl halides is 3. The van der Waals surface area contributed by atoms with E-state index in [2.05, 4.69) is 38.9 Å². The second-order valence-electron chi connectivity index (χ2n) is 8.55. The van der Waals surface area contributed by atoms with Gasteiger partial charge in [0, 0.05) is 62.5 Å². The molecule has 5 nitrogen and oxygen atoms in total. The Morgan fingerprint density at radius 1 is 0.941 bits per heavy atom. The monoisotopic (exact) mass is 514 g/mol. The number of ketones is 1. The predicted octanol–water partition coefficient (Wildman–Crippen LogP) is 4.21. The van der Waals surface area contributed by atoms with Gasteiger partial charge in [-0.25, -0.2) is 5.43 Å². The lowest BCUT2D eigenvalue weighted by Gasteiger charge is -2.36. The van der Waals surface area contributed by atoms with Gasteiger partial charge in [0.05, 0.1) is 11.3 Å². The first-order valence-electron chi connectivity index (χ1n) is 10.9. The van der Waals surface area contributed by atoms with Gasteiger partial charge in [0.2, 0.25) is 0 Å². The van der Waals surface area contributed by atoms with Crippen LogP contribution in [0.1, 0.15) is 28.7 Å². The maximum atomic E-state index is 12.8. The van der Waals surface area contributed by atoms with E-state index >= 15 is 0 Å². The number of nitrogens with zero attached hydrogens (tertiary/aromatic N) is 2. The Labute approximate surface area is 209 Å². The van der Waals surface area contributed by atoms with Crippen LogP contribution in [0, 0.1) is 0 Å². The number of hydrogen-bond donors (Lipinski definition) is 2. The first-order chi connectivity index (χ1) is 15.4. The van der Waals surface area contributed by atoms with Crippen LogP contribution in [-0.2, 0) is 23.9 Å². The second-order valence-corrected chi connectivity index (χ2v) is 8.55. The van der Waals surface area contributed by atoms with Gasteiger partial charge < -0.3 is 10.3 Å². The van der Waals surface area contributed by atoms with E-state index in [0.29, 0.717) is 6.42 Å². The van der Waals surface area contributed by atoms with E-state index in [1.165, 1.54) is 5.56 Å². The Hall–Kier alpha value is -2.26. The van der Waals surface area contributed by atoms with Gasteiger partial charge in [-0.3, -0.25) is 9.69 Å². The second kappa shape index (κ2) is 10.6. The molecule has 2 aromatic rings. The van der Waals surface area contributed by atoms with Crippen molar-refractivity contribution in [3.63, 3.8) is 0 Å². The summed E-state index contributed by atoms with van der Waals surface area (Å²) in [5.41, 5.74) is 11.6. The van der Waals surface area contributed by atoms with Crippen LogP contribution in [0.25, 0.3) is 5.70 Å². The number of halogens is 5. The molecule has 0 aromatic heterocycles. The molecule has 0 unspecified atom stereocenters. The standard InChI is InChI=1S/C24H25F3N4O.2ClH/c25-24(26,27)18-2-4-19(5-3-18)31-11-9-30(10-12-31)15-16-1-6-20-17(13-16)14-22(32)21-7-8-28-29-23(20)21;;/h1-6,13,28-29H,7-12,14-15H2;2*1H. The molecule has 0 atom stereocenters. The van der Waals surface area contributed by atoms with Crippen molar-refractivity contribution >= 4 is 42.0 Å². The summed E-state index contributed by atoms with van der Waals surface area (Å²) in [6.07, 6.45) is -3.10. The van der Waals surface area contributed by atoms with Crippen LogP contribution in [0.4, 0.5) is 18.9 Å². The highest BCUT2D eigenvalue weighted by Gasteiger charge is 2.30. The fourth-order valence-electron chi connectivity index (χ4n) is 4.75. The van der Waals surface area contributed by atoms with E-state index in [-0.39, 0.29) is 30.6 Å². The van der Waals surface area contributed by atoms with Crippen LogP contribution in [0.15, 0.2) is 48.0 Å². The molecule has 2 aromatic carbocycles. The first kappa shape index (κ1) is 26.3. The topological polar surface area (TPSA) is 47.6 Å². The summed E-state index contributed by atoms with van der Waals surface area (Å²) in [4.78, 5) is 17.0. The van der Waals surface area contributed by atoms with E-state index < -0.39 is 11.7 Å². The zero-order chi connectivity index (χ0) is 22.3. The number of rotatable bonds is 3. The average Bonchev–Trinajstić information content (AvgIpc) is 2.79. The molecule has 0 spiro atoms. The van der Waals surface area contributed by atoms with E-state index in [1.807, 2.05) is 0 Å². The minimum atomic E-state index is -4.31. The number of fused-ring (bicyclic) bond motifs is 2. The molecule has 3 aliphatic rings. The maximum absolute atomic E-state index is 12.8. The third-order valence-corrected chi connectivity index (χ3v) is 6.48. The first-order valence-corrected chi connectivity index (χ1v) is 10.9. The summed E-state index contributed by atoms with van der Waals surface area (Å²) in [6.45, 7) is 4.74. The molecule has 2 N–H and O–H groups in total. The normalized spacial score (nSPS) is 18.3. The highest BCUT2D eigenvalue weighted by molar-refractivity contribution is 6.07. The van der Waals surface area contributed by atoms with Crippen molar-refractivity contribution in [2.75, 3.05) is 37.6 Å². The molecule has 2 heterocycles. The van der Waals surface area contributed by atoms with E-state index in [9.17, 15) is 18.0 Å². The molecular weight excluding hydrogens is 488 g/mol. The quantitative estimate of drug-likeness (QED) is 0.642. The smallest absolute Gasteiger partial charge is 0.369 e. The number of carbonyl (C=O) groups excluding carboxylic acids is 1. The van der Waals surface area contributed by atoms with Crippen molar-refractivity contribution in [3.05, 3.63) is 70.3 Å². The highest BCUT2D eigenvalue weighted by Crippen LogP contribution is 2.32. The number of nitrogens with one attached hydrogen (secondary N) is 2. The Morgan fingerprint density at radius 2 is 1.65 bits per heavy atom. The van der Waals surface area contributed by atoms with Gasteiger partial charge >= 0.3 is 6.18 Å². The molecule has 0 amide bonds. The Balaban J connectivity index is 0.00000162. The molecule has 34 heavy (non-hydrogen) atoms. The fraction of sp³-hybridized carbons (Fsp3) is 0.375. The molecule has 0 radical (unpaired) electrons. The number of hydrazine groups is 1. The van der Waals surface area contributed by atoms with Crippen molar-refractivity contribution in [2.45, 2.75) is 25.6 Å². The fourth-order valence-corrected chi connectivity index (χ4v) is 4.75. The number of anilines is 1. The molecule has 0 bridgehead atoms. The third kappa shape index (κ3) is 5.35. The summed E-state index contributed by atoms with van der Waals surface area (Å²) in [7, 11) is 0. The summed E-state index contributed by atoms with van der Waals surface area (Å²) in [5.74, 6) is 0.198. The third-order valence-electron chi connectivity index (χ3n) is 6.48. The van der Waals surface area contributed by atoms with Crippen molar-refractivity contribution in [1.29, 1.82) is 0 Å². The van der Waals surface area contributed by atoms with E-state index in [4.69, 9.17) is 0 Å². The van der Waals surface area contributed by atoms with E-state index in [0.717, 1.165) is 85.9 Å². The Bertz CT molecular complexity index is 1060. The van der Waals surface area contributed by atoms with Crippen LogP contribution in [0.2, 0.25) is 0 Å². The van der Waals surface area contributed by atoms with Crippen LogP contribution in [0.3, 0.4) is 0 Å². The Morgan fingerprint density at radius 3 is 2.32 bits per heavy atom. The van der Waals surface area contributed by atoms with Gasteiger partial charge in [-0.05, 0) is 41.8 Å². The van der Waals surface area contributed by atoms with E-state index in [1.54, 1.807) is 12.1 Å². The molecule has 0 saturated carbocycles. The van der Waals surface area contributed by atoms with Crippen LogP contribution < -0.4 is 15.8 Å². The van der Waals surface area contributed by atoms with Crippen molar-refractivity contribution in [3.8, 4) is 0 Å². The largest absolute Gasteiger partial charge is 0.416 e. The molecule has 1 saturated heterocycles. The minimum Gasteiger partial charge on any atom is -0.369 e. The summed E-state index contributed by atoms with van der Waals surface area (Å²) in [5, 5.41) is 0. The molecule has 5 rings (SSSR count). The summed E-state index contributed by atoms with van der Waals surface area (Å²) in [6, 6.07) is 11.8. The lowest BCUT2D eigenvalue weighted by Crippen LogP contribution is -2.46. The van der Waals surface area contributed by atoms with Gasteiger partial charge in [-0.1, -0.05) is 18.2 Å². The number of carbonyl (C=O) groups is 1. The van der Waals surface area contributed by atoms with Crippen LogP contribution in [0.5, 0.6) is 0 Å². The molecule has 2 aliphatic heterocycles. The van der Waals surface area contributed by atoms with Gasteiger partial charge in [-0.15, -0.1) is 24.8 Å². The van der Waals surface area contributed by atoms with Crippen LogP contribution in [-0.4, -0.2) is 43.4 Å². The van der Waals surface area contributed by atoms with Crippen molar-refractivity contribution in [2.24, 2.45) is 0 Å². The number of piperazine rings is 1. The molecular formula is C24H27Cl2F3N4O. The molecule has 10 heteroatoms. The lowest BCUT2D eigenvalue weighted by atomic mass is 9.85.